The van der Waals surface area contributed by atoms with Crippen LogP contribution in [0.4, 0.5) is 5.82 Å². The van der Waals surface area contributed by atoms with Crippen LogP contribution in [-0.2, 0) is 9.53 Å². The van der Waals surface area contributed by atoms with Crippen molar-refractivity contribution < 1.29 is 9.53 Å². The number of amides is 1. The third-order valence-corrected chi connectivity index (χ3v) is 2.79. The van der Waals surface area contributed by atoms with Crippen molar-refractivity contribution in [2.75, 3.05) is 32.1 Å². The monoisotopic (exact) mass is 274 g/mol. The highest BCUT2D eigenvalue weighted by atomic mass is 16.5. The molecule has 0 saturated heterocycles. The van der Waals surface area contributed by atoms with Gasteiger partial charge in [0.1, 0.15) is 5.82 Å². The molecule has 2 aromatic rings. The lowest BCUT2D eigenvalue weighted by Gasteiger charge is -2.09. The van der Waals surface area contributed by atoms with Crippen LogP contribution in [0.15, 0.2) is 24.3 Å². The van der Waals surface area contributed by atoms with Gasteiger partial charge in [0.05, 0.1) is 29.9 Å². The number of para-hydroxylation sites is 2. The maximum Gasteiger partial charge on any atom is 0.239 e. The summed E-state index contributed by atoms with van der Waals surface area (Å²) in [6, 6.07) is 7.64. The molecule has 1 aromatic heterocycles. The van der Waals surface area contributed by atoms with Crippen LogP contribution in [0, 0.1) is 6.92 Å². The second kappa shape index (κ2) is 6.81. The molecule has 6 nitrogen and oxygen atoms in total. The van der Waals surface area contributed by atoms with E-state index in [-0.39, 0.29) is 12.5 Å². The summed E-state index contributed by atoms with van der Waals surface area (Å²) in [4.78, 5) is 20.5. The molecule has 0 unspecified atom stereocenters. The molecule has 0 fully saturated rings. The number of carbonyl (C=O) groups is 1. The second-order valence-corrected chi connectivity index (χ2v) is 4.34. The molecule has 0 aliphatic rings. The minimum atomic E-state index is -0.101. The molecule has 0 saturated carbocycles. The van der Waals surface area contributed by atoms with Gasteiger partial charge in [-0.15, -0.1) is 0 Å². The molecule has 20 heavy (non-hydrogen) atoms. The fourth-order valence-electron chi connectivity index (χ4n) is 1.77. The van der Waals surface area contributed by atoms with Crippen LogP contribution in [0.3, 0.4) is 0 Å². The number of hydrogen-bond acceptors (Lipinski definition) is 5. The van der Waals surface area contributed by atoms with E-state index in [2.05, 4.69) is 20.6 Å². The van der Waals surface area contributed by atoms with E-state index in [1.807, 2.05) is 31.2 Å². The predicted octanol–water partition coefficient (Wildman–Crippen LogP) is 1.11. The zero-order valence-electron chi connectivity index (χ0n) is 11.6. The highest BCUT2D eigenvalue weighted by molar-refractivity contribution is 5.81. The number of benzene rings is 1. The average Bonchev–Trinajstić information content (AvgIpc) is 2.45. The third kappa shape index (κ3) is 3.64. The molecule has 0 spiro atoms. The van der Waals surface area contributed by atoms with Gasteiger partial charge in [0.25, 0.3) is 0 Å². The van der Waals surface area contributed by atoms with Crippen molar-refractivity contribution in [2.24, 2.45) is 0 Å². The largest absolute Gasteiger partial charge is 0.383 e. The minimum Gasteiger partial charge on any atom is -0.383 e. The van der Waals surface area contributed by atoms with E-state index in [0.717, 1.165) is 16.7 Å². The number of methoxy groups -OCH3 is 1. The van der Waals surface area contributed by atoms with E-state index in [0.29, 0.717) is 19.0 Å². The number of fused-ring (bicyclic) bond motifs is 1. The predicted molar refractivity (Wildman–Crippen MR) is 77.7 cm³/mol. The van der Waals surface area contributed by atoms with Gasteiger partial charge in [-0.25, -0.2) is 9.97 Å². The zero-order valence-corrected chi connectivity index (χ0v) is 11.6. The van der Waals surface area contributed by atoms with Crippen LogP contribution in [-0.4, -0.2) is 42.7 Å². The molecule has 1 heterocycles. The molecule has 1 aromatic carbocycles. The van der Waals surface area contributed by atoms with E-state index < -0.39 is 0 Å². The first kappa shape index (κ1) is 14.2. The number of rotatable bonds is 6. The van der Waals surface area contributed by atoms with Crippen LogP contribution in [0.1, 0.15) is 5.69 Å². The van der Waals surface area contributed by atoms with Gasteiger partial charge in [-0.1, -0.05) is 12.1 Å². The van der Waals surface area contributed by atoms with E-state index in [4.69, 9.17) is 4.74 Å². The summed E-state index contributed by atoms with van der Waals surface area (Å²) in [6.45, 7) is 3.03. The van der Waals surface area contributed by atoms with Gasteiger partial charge >= 0.3 is 0 Å². The lowest BCUT2D eigenvalue weighted by atomic mass is 10.3. The molecule has 6 heteroatoms. The first-order valence-corrected chi connectivity index (χ1v) is 6.43. The highest BCUT2D eigenvalue weighted by Gasteiger charge is 2.06. The fraction of sp³-hybridized carbons (Fsp3) is 0.357. The fourth-order valence-corrected chi connectivity index (χ4v) is 1.77. The molecule has 0 aliphatic heterocycles. The van der Waals surface area contributed by atoms with Crippen molar-refractivity contribution in [3.63, 3.8) is 0 Å². The zero-order chi connectivity index (χ0) is 14.4. The summed E-state index contributed by atoms with van der Waals surface area (Å²) >= 11 is 0. The molecular formula is C14H18N4O2. The van der Waals surface area contributed by atoms with Gasteiger partial charge in [-0.2, -0.15) is 0 Å². The van der Waals surface area contributed by atoms with Crippen LogP contribution >= 0.6 is 0 Å². The molecular weight excluding hydrogens is 256 g/mol. The Morgan fingerprint density at radius 2 is 1.95 bits per heavy atom. The molecule has 0 radical (unpaired) electrons. The number of aromatic nitrogens is 2. The summed E-state index contributed by atoms with van der Waals surface area (Å²) in [5.41, 5.74) is 2.42. The standard InChI is InChI=1S/C14H18N4O2/c1-10-14(16-9-13(19)15-7-8-20-2)18-12-6-4-3-5-11(12)17-10/h3-6H,7-9H2,1-2H3,(H,15,19)(H,16,18). The van der Waals surface area contributed by atoms with Crippen molar-refractivity contribution in [3.05, 3.63) is 30.0 Å². The lowest BCUT2D eigenvalue weighted by molar-refractivity contribution is -0.119. The maximum absolute atomic E-state index is 11.6. The van der Waals surface area contributed by atoms with E-state index in [1.54, 1.807) is 7.11 Å². The van der Waals surface area contributed by atoms with E-state index >= 15 is 0 Å². The Hall–Kier alpha value is -2.21. The Bertz CT molecular complexity index is 601. The highest BCUT2D eigenvalue weighted by Crippen LogP contribution is 2.15. The number of ether oxygens (including phenoxy) is 1. The smallest absolute Gasteiger partial charge is 0.239 e. The molecule has 0 bridgehead atoms. The summed E-state index contributed by atoms with van der Waals surface area (Å²) in [7, 11) is 1.60. The Kier molecular flexibility index (Phi) is 4.84. The summed E-state index contributed by atoms with van der Waals surface area (Å²) in [5.74, 6) is 0.530. The second-order valence-electron chi connectivity index (χ2n) is 4.34. The number of nitrogens with zero attached hydrogens (tertiary/aromatic N) is 2. The van der Waals surface area contributed by atoms with Crippen LogP contribution < -0.4 is 10.6 Å². The molecule has 1 amide bonds. The number of hydrogen-bond donors (Lipinski definition) is 2. The average molecular weight is 274 g/mol. The minimum absolute atomic E-state index is 0.101. The molecule has 0 aliphatic carbocycles. The molecule has 106 valence electrons. The Labute approximate surface area is 117 Å². The molecule has 2 N–H and O–H groups in total. The maximum atomic E-state index is 11.6. The van der Waals surface area contributed by atoms with Crippen molar-refractivity contribution in [2.45, 2.75) is 6.92 Å². The topological polar surface area (TPSA) is 76.1 Å². The summed E-state index contributed by atoms with van der Waals surface area (Å²) in [6.07, 6.45) is 0. The van der Waals surface area contributed by atoms with Crippen molar-refractivity contribution >= 4 is 22.8 Å². The SMILES string of the molecule is COCCNC(=O)CNc1nc2ccccc2nc1C. The van der Waals surface area contributed by atoms with Crippen LogP contribution in [0.25, 0.3) is 11.0 Å². The van der Waals surface area contributed by atoms with Crippen molar-refractivity contribution in [1.82, 2.24) is 15.3 Å². The lowest BCUT2D eigenvalue weighted by Crippen LogP contribution is -2.32. The summed E-state index contributed by atoms with van der Waals surface area (Å²) in [5, 5.41) is 5.74. The number of anilines is 1. The first-order chi connectivity index (χ1) is 9.70. The quantitative estimate of drug-likeness (QED) is 0.772. The van der Waals surface area contributed by atoms with Crippen LogP contribution in [0.2, 0.25) is 0 Å². The number of aryl methyl sites for hydroxylation is 1. The van der Waals surface area contributed by atoms with Gasteiger partial charge in [0.2, 0.25) is 5.91 Å². The van der Waals surface area contributed by atoms with Crippen molar-refractivity contribution in [3.8, 4) is 0 Å². The molecule has 2 rings (SSSR count). The van der Waals surface area contributed by atoms with Gasteiger partial charge in [0, 0.05) is 13.7 Å². The Balaban J connectivity index is 1.99. The van der Waals surface area contributed by atoms with Gasteiger partial charge in [-0.05, 0) is 19.1 Å². The summed E-state index contributed by atoms with van der Waals surface area (Å²) < 4.78 is 4.86. The molecule has 0 atom stereocenters. The number of carbonyl (C=O) groups excluding carboxylic acids is 1. The third-order valence-electron chi connectivity index (χ3n) is 2.79. The number of nitrogens with one attached hydrogen (secondary N) is 2. The van der Waals surface area contributed by atoms with Crippen molar-refractivity contribution in [1.29, 1.82) is 0 Å². The normalized spacial score (nSPS) is 10.5. The first-order valence-electron chi connectivity index (χ1n) is 6.43. The van der Waals surface area contributed by atoms with Crippen LogP contribution in [0.5, 0.6) is 0 Å². The van der Waals surface area contributed by atoms with E-state index in [9.17, 15) is 4.79 Å². The Morgan fingerprint density at radius 1 is 1.25 bits per heavy atom. The van der Waals surface area contributed by atoms with Gasteiger partial charge in [0.15, 0.2) is 0 Å². The van der Waals surface area contributed by atoms with Gasteiger partial charge in [-0.3, -0.25) is 4.79 Å². The van der Waals surface area contributed by atoms with E-state index in [1.165, 1.54) is 0 Å². The Morgan fingerprint density at radius 3 is 2.65 bits per heavy atom. The van der Waals surface area contributed by atoms with Gasteiger partial charge < -0.3 is 15.4 Å².